The first kappa shape index (κ1) is 4.21. The van der Waals surface area contributed by atoms with Gasteiger partial charge in [0.05, 0.1) is 5.70 Å². The molecule has 0 aromatic carbocycles. The highest BCUT2D eigenvalue weighted by molar-refractivity contribution is 5.02. The summed E-state index contributed by atoms with van der Waals surface area (Å²) >= 11 is 0. The van der Waals surface area contributed by atoms with E-state index in [9.17, 15) is 0 Å². The van der Waals surface area contributed by atoms with E-state index in [1.54, 1.807) is 6.26 Å². The summed E-state index contributed by atoms with van der Waals surface area (Å²) in [7, 11) is 0. The second kappa shape index (κ2) is 1.39. The highest BCUT2D eigenvalue weighted by atomic mass is 16.7. The first-order valence-electron chi connectivity index (χ1n) is 2.85. The molecule has 2 rings (SSSR count). The maximum Gasteiger partial charge on any atom is 0.134 e. The second-order valence-electron chi connectivity index (χ2n) is 2.07. The molecule has 3 heteroatoms. The van der Waals surface area contributed by atoms with Crippen LogP contribution in [0.1, 0.15) is 12.8 Å². The molecule has 0 spiro atoms. The van der Waals surface area contributed by atoms with Gasteiger partial charge in [-0.05, 0) is 12.8 Å². The van der Waals surface area contributed by atoms with Gasteiger partial charge in [0.2, 0.25) is 0 Å². The lowest BCUT2D eigenvalue weighted by Crippen LogP contribution is -2.27. The van der Waals surface area contributed by atoms with Crippen molar-refractivity contribution in [3.05, 3.63) is 12.0 Å². The van der Waals surface area contributed by atoms with Crippen molar-refractivity contribution in [2.24, 2.45) is 0 Å². The molecule has 0 radical (unpaired) electrons. The highest BCUT2D eigenvalue weighted by Crippen LogP contribution is 2.21. The van der Waals surface area contributed by atoms with Crippen LogP contribution in [-0.4, -0.2) is 11.6 Å². The van der Waals surface area contributed by atoms with Gasteiger partial charge in [-0.15, -0.1) is 0 Å². The van der Waals surface area contributed by atoms with Crippen LogP contribution >= 0.6 is 0 Å². The van der Waals surface area contributed by atoms with E-state index in [1.807, 2.05) is 5.01 Å². The normalized spacial score (nSPS) is 25.0. The second-order valence-corrected chi connectivity index (χ2v) is 2.07. The van der Waals surface area contributed by atoms with Crippen molar-refractivity contribution in [1.82, 2.24) is 10.6 Å². The quantitative estimate of drug-likeness (QED) is 0.490. The Balaban J connectivity index is 2.20. The average Bonchev–Trinajstić information content (AvgIpc) is 2.15. The molecular formula is C5H8N2O. The van der Waals surface area contributed by atoms with Gasteiger partial charge in [-0.1, -0.05) is 5.59 Å². The van der Waals surface area contributed by atoms with Crippen LogP contribution in [0.5, 0.6) is 0 Å². The largest absolute Gasteiger partial charge is 0.395 e. The van der Waals surface area contributed by atoms with E-state index in [4.69, 9.17) is 4.84 Å². The third-order valence-corrected chi connectivity index (χ3v) is 1.52. The van der Waals surface area contributed by atoms with E-state index in [2.05, 4.69) is 5.59 Å². The zero-order valence-electron chi connectivity index (χ0n) is 4.55. The Labute approximate surface area is 47.8 Å². The maximum absolute atomic E-state index is 4.83. The summed E-state index contributed by atoms with van der Waals surface area (Å²) in [6.45, 7) is 1.09. The van der Waals surface area contributed by atoms with E-state index in [0.717, 1.165) is 13.0 Å². The molecule has 8 heavy (non-hydrogen) atoms. The van der Waals surface area contributed by atoms with Gasteiger partial charge in [-0.3, -0.25) is 5.01 Å². The minimum Gasteiger partial charge on any atom is -0.395 e. The molecule has 0 aromatic rings. The topological polar surface area (TPSA) is 24.5 Å². The van der Waals surface area contributed by atoms with Crippen molar-refractivity contribution in [2.75, 3.05) is 6.54 Å². The Bertz CT molecular complexity index is 132. The SMILES string of the molecule is C1=C2CCCN2NO1. The fourth-order valence-corrected chi connectivity index (χ4v) is 1.08. The molecule has 0 unspecified atom stereocenters. The smallest absolute Gasteiger partial charge is 0.134 e. The molecule has 0 amide bonds. The lowest BCUT2D eigenvalue weighted by Gasteiger charge is -2.08. The summed E-state index contributed by atoms with van der Waals surface area (Å²) < 4.78 is 0. The van der Waals surface area contributed by atoms with Crippen LogP contribution in [0.25, 0.3) is 0 Å². The molecule has 1 saturated heterocycles. The molecule has 0 bridgehead atoms. The Morgan fingerprint density at radius 3 is 3.62 bits per heavy atom. The Morgan fingerprint density at radius 1 is 1.75 bits per heavy atom. The number of hydrazine groups is 1. The van der Waals surface area contributed by atoms with Crippen LogP contribution in [-0.2, 0) is 4.84 Å². The van der Waals surface area contributed by atoms with Crippen LogP contribution in [0.2, 0.25) is 0 Å². The monoisotopic (exact) mass is 112 g/mol. The Hall–Kier alpha value is -0.700. The molecule has 3 nitrogen and oxygen atoms in total. The zero-order chi connectivity index (χ0) is 5.40. The summed E-state index contributed by atoms with van der Waals surface area (Å²) in [5, 5.41) is 2.03. The number of nitrogens with one attached hydrogen (secondary N) is 1. The van der Waals surface area contributed by atoms with Crippen LogP contribution in [0.3, 0.4) is 0 Å². The standard InChI is InChI=1S/C5H8N2O/c1-2-5-4-8-6-7(5)3-1/h4,6H,1-3H2. The van der Waals surface area contributed by atoms with Gasteiger partial charge in [-0.25, -0.2) is 0 Å². The summed E-state index contributed by atoms with van der Waals surface area (Å²) in [6, 6.07) is 0. The zero-order valence-corrected chi connectivity index (χ0v) is 4.55. The summed E-state index contributed by atoms with van der Waals surface area (Å²) in [5.41, 5.74) is 4.04. The lowest BCUT2D eigenvalue weighted by molar-refractivity contribution is 0.0393. The van der Waals surface area contributed by atoms with E-state index in [1.165, 1.54) is 12.1 Å². The van der Waals surface area contributed by atoms with E-state index < -0.39 is 0 Å². The molecule has 1 N–H and O–H groups in total. The fraction of sp³-hybridized carbons (Fsp3) is 0.600. The van der Waals surface area contributed by atoms with Crippen LogP contribution in [0.15, 0.2) is 12.0 Å². The van der Waals surface area contributed by atoms with Gasteiger partial charge in [0.15, 0.2) is 0 Å². The Kier molecular flexibility index (Phi) is 0.729. The molecule has 44 valence electrons. The van der Waals surface area contributed by atoms with Gasteiger partial charge in [0, 0.05) is 6.54 Å². The third-order valence-electron chi connectivity index (χ3n) is 1.52. The molecular weight excluding hydrogens is 104 g/mol. The van der Waals surface area contributed by atoms with Crippen LogP contribution < -0.4 is 5.59 Å². The number of hydrogen-bond donors (Lipinski definition) is 1. The van der Waals surface area contributed by atoms with Crippen molar-refractivity contribution >= 4 is 0 Å². The summed E-state index contributed by atoms with van der Waals surface area (Å²) in [4.78, 5) is 4.83. The average molecular weight is 112 g/mol. The van der Waals surface area contributed by atoms with Crippen molar-refractivity contribution in [2.45, 2.75) is 12.8 Å². The van der Waals surface area contributed by atoms with Gasteiger partial charge >= 0.3 is 0 Å². The van der Waals surface area contributed by atoms with Gasteiger partial charge in [0.25, 0.3) is 0 Å². The number of allylic oxidation sites excluding steroid dienone is 1. The molecule has 0 atom stereocenters. The third kappa shape index (κ3) is 0.419. The van der Waals surface area contributed by atoms with Crippen molar-refractivity contribution in [3.8, 4) is 0 Å². The lowest BCUT2D eigenvalue weighted by atomic mass is 10.3. The molecule has 0 aromatic heterocycles. The number of hydrogen-bond acceptors (Lipinski definition) is 3. The van der Waals surface area contributed by atoms with Crippen LogP contribution in [0.4, 0.5) is 0 Å². The Morgan fingerprint density at radius 2 is 2.75 bits per heavy atom. The minimum absolute atomic E-state index is 1.09. The highest BCUT2D eigenvalue weighted by Gasteiger charge is 2.20. The first-order chi connectivity index (χ1) is 3.97. The minimum atomic E-state index is 1.09. The van der Waals surface area contributed by atoms with Crippen molar-refractivity contribution in [3.63, 3.8) is 0 Å². The molecule has 2 aliphatic heterocycles. The van der Waals surface area contributed by atoms with E-state index in [0.29, 0.717) is 0 Å². The summed E-state index contributed by atoms with van der Waals surface area (Å²) in [6.07, 6.45) is 4.18. The predicted molar refractivity (Wildman–Crippen MR) is 28.2 cm³/mol. The molecule has 2 aliphatic rings. The maximum atomic E-state index is 4.83. The molecule has 2 heterocycles. The summed E-state index contributed by atoms with van der Waals surface area (Å²) in [5.74, 6) is 0. The predicted octanol–water partition coefficient (Wildman–Crippen LogP) is 0.373. The number of rotatable bonds is 0. The van der Waals surface area contributed by atoms with Gasteiger partial charge < -0.3 is 4.84 Å². The fourth-order valence-electron chi connectivity index (χ4n) is 1.08. The van der Waals surface area contributed by atoms with Crippen molar-refractivity contribution in [1.29, 1.82) is 0 Å². The van der Waals surface area contributed by atoms with E-state index in [-0.39, 0.29) is 0 Å². The first-order valence-corrected chi connectivity index (χ1v) is 2.85. The molecule has 1 fully saturated rings. The van der Waals surface area contributed by atoms with Gasteiger partial charge in [-0.2, -0.15) is 0 Å². The number of fused-ring (bicyclic) bond motifs is 1. The van der Waals surface area contributed by atoms with E-state index >= 15 is 0 Å². The van der Waals surface area contributed by atoms with Gasteiger partial charge in [0.1, 0.15) is 6.26 Å². The van der Waals surface area contributed by atoms with Crippen LogP contribution in [0, 0.1) is 0 Å². The number of nitrogens with zero attached hydrogens (tertiary/aromatic N) is 1. The van der Waals surface area contributed by atoms with Crippen molar-refractivity contribution < 1.29 is 4.84 Å². The molecule has 0 aliphatic carbocycles. The molecule has 0 saturated carbocycles.